The Morgan fingerprint density at radius 2 is 2.00 bits per heavy atom. The largest absolute Gasteiger partial charge is 0.301 e. The summed E-state index contributed by atoms with van der Waals surface area (Å²) < 4.78 is 26.3. The van der Waals surface area contributed by atoms with Crippen LogP contribution in [-0.4, -0.2) is 39.6 Å². The lowest BCUT2D eigenvalue weighted by Gasteiger charge is -2.13. The number of nitrogens with zero attached hydrogens (tertiary/aromatic N) is 1. The molecule has 0 amide bonds. The first-order valence-corrected chi connectivity index (χ1v) is 5.85. The van der Waals surface area contributed by atoms with E-state index in [0.29, 0.717) is 6.54 Å². The molecule has 0 atom stereocenters. The number of rotatable bonds is 5. The van der Waals surface area contributed by atoms with Crippen LogP contribution in [0.15, 0.2) is 12.0 Å². The van der Waals surface area contributed by atoms with Crippen LogP contribution in [0.4, 0.5) is 0 Å². The van der Waals surface area contributed by atoms with Gasteiger partial charge in [0.1, 0.15) is 0 Å². The first-order valence-electron chi connectivity index (χ1n) is 4.38. The molecule has 0 bridgehead atoms. The molecule has 0 radical (unpaired) electrons. The van der Waals surface area contributed by atoms with Gasteiger partial charge in [-0.1, -0.05) is 6.58 Å². The maximum absolute atomic E-state index is 10.8. The van der Waals surface area contributed by atoms with E-state index in [-0.39, 0.29) is 6.61 Å². The Balaban J connectivity index is 2.16. The molecule has 1 heterocycles. The summed E-state index contributed by atoms with van der Waals surface area (Å²) >= 11 is 0. The fourth-order valence-electron chi connectivity index (χ4n) is 1.34. The summed E-state index contributed by atoms with van der Waals surface area (Å²) in [4.78, 5) is 2.19. The average Bonchev–Trinajstić information content (AvgIpc) is 2.57. The van der Waals surface area contributed by atoms with Crippen LogP contribution in [0.25, 0.3) is 0 Å². The Morgan fingerprint density at radius 1 is 1.38 bits per heavy atom. The van der Waals surface area contributed by atoms with Crippen LogP contribution in [0.1, 0.15) is 12.8 Å². The Labute approximate surface area is 79.3 Å². The normalized spacial score (nSPS) is 19.1. The molecule has 13 heavy (non-hydrogen) atoms. The fraction of sp³-hybridized carbons (Fsp3) is 0.750. The lowest BCUT2D eigenvalue weighted by Crippen LogP contribution is -2.24. The molecule has 0 N–H and O–H groups in total. The SMILES string of the molecule is C=CS(=O)(=O)OCCN1CCCC1. The first kappa shape index (κ1) is 10.7. The second-order valence-electron chi connectivity index (χ2n) is 3.03. The molecule has 76 valence electrons. The van der Waals surface area contributed by atoms with Gasteiger partial charge in [0, 0.05) is 6.54 Å². The van der Waals surface area contributed by atoms with Crippen molar-refractivity contribution in [1.82, 2.24) is 4.90 Å². The smallest absolute Gasteiger partial charge is 0.289 e. The first-order chi connectivity index (χ1) is 6.14. The molecule has 0 spiro atoms. The summed E-state index contributed by atoms with van der Waals surface area (Å²) in [6.07, 6.45) is 2.41. The van der Waals surface area contributed by atoms with E-state index in [2.05, 4.69) is 15.7 Å². The highest BCUT2D eigenvalue weighted by Crippen LogP contribution is 2.06. The van der Waals surface area contributed by atoms with Gasteiger partial charge in [0.15, 0.2) is 0 Å². The van der Waals surface area contributed by atoms with Gasteiger partial charge in [-0.15, -0.1) is 0 Å². The Hall–Kier alpha value is -0.390. The Kier molecular flexibility index (Phi) is 3.90. The van der Waals surface area contributed by atoms with E-state index >= 15 is 0 Å². The van der Waals surface area contributed by atoms with Crippen molar-refractivity contribution in [3.63, 3.8) is 0 Å². The molecule has 1 aliphatic heterocycles. The number of hydrogen-bond acceptors (Lipinski definition) is 4. The second kappa shape index (κ2) is 4.74. The Morgan fingerprint density at radius 3 is 2.54 bits per heavy atom. The van der Waals surface area contributed by atoms with Crippen LogP contribution in [0, 0.1) is 0 Å². The molecular formula is C8H15NO3S. The van der Waals surface area contributed by atoms with Gasteiger partial charge in [0.25, 0.3) is 10.1 Å². The summed E-state index contributed by atoms with van der Waals surface area (Å²) in [6, 6.07) is 0. The van der Waals surface area contributed by atoms with E-state index in [0.717, 1.165) is 18.5 Å². The van der Waals surface area contributed by atoms with Crippen LogP contribution < -0.4 is 0 Å². The van der Waals surface area contributed by atoms with Crippen LogP contribution in [0.5, 0.6) is 0 Å². The van der Waals surface area contributed by atoms with Crippen molar-refractivity contribution in [3.05, 3.63) is 12.0 Å². The van der Waals surface area contributed by atoms with E-state index in [1.165, 1.54) is 12.8 Å². The summed E-state index contributed by atoms with van der Waals surface area (Å²) in [7, 11) is -3.47. The quantitative estimate of drug-likeness (QED) is 0.616. The topological polar surface area (TPSA) is 46.6 Å². The van der Waals surface area contributed by atoms with E-state index < -0.39 is 10.1 Å². The highest BCUT2D eigenvalue weighted by Gasteiger charge is 2.12. The van der Waals surface area contributed by atoms with Gasteiger partial charge in [0.05, 0.1) is 12.0 Å². The predicted octanol–water partition coefficient (Wildman–Crippen LogP) is 0.572. The third kappa shape index (κ3) is 3.89. The van der Waals surface area contributed by atoms with Crippen molar-refractivity contribution in [1.29, 1.82) is 0 Å². The average molecular weight is 205 g/mol. The van der Waals surface area contributed by atoms with Gasteiger partial charge in [0.2, 0.25) is 0 Å². The molecule has 4 nitrogen and oxygen atoms in total. The minimum atomic E-state index is -3.47. The van der Waals surface area contributed by atoms with Crippen molar-refractivity contribution in [3.8, 4) is 0 Å². The van der Waals surface area contributed by atoms with Crippen LogP contribution in [-0.2, 0) is 14.3 Å². The lowest BCUT2D eigenvalue weighted by atomic mass is 10.4. The standard InChI is InChI=1S/C8H15NO3S/c1-2-13(10,11)12-8-7-9-5-3-4-6-9/h2H,1,3-8H2. The van der Waals surface area contributed by atoms with E-state index in [1.807, 2.05) is 0 Å². The van der Waals surface area contributed by atoms with Gasteiger partial charge in [-0.25, -0.2) is 0 Å². The molecule has 0 saturated carbocycles. The molecule has 0 unspecified atom stereocenters. The molecule has 0 aliphatic carbocycles. The minimum absolute atomic E-state index is 0.231. The molecule has 1 rings (SSSR count). The molecule has 1 fully saturated rings. The van der Waals surface area contributed by atoms with Gasteiger partial charge in [-0.05, 0) is 25.9 Å². The van der Waals surface area contributed by atoms with Crippen molar-refractivity contribution >= 4 is 10.1 Å². The molecule has 1 aliphatic rings. The number of likely N-dealkylation sites (tertiary alicyclic amines) is 1. The van der Waals surface area contributed by atoms with Gasteiger partial charge >= 0.3 is 0 Å². The van der Waals surface area contributed by atoms with Crippen LogP contribution in [0.3, 0.4) is 0 Å². The van der Waals surface area contributed by atoms with E-state index in [9.17, 15) is 8.42 Å². The molecule has 0 aromatic rings. The van der Waals surface area contributed by atoms with Crippen molar-refractivity contribution in [2.45, 2.75) is 12.8 Å². The zero-order valence-electron chi connectivity index (χ0n) is 7.61. The van der Waals surface area contributed by atoms with Crippen molar-refractivity contribution in [2.24, 2.45) is 0 Å². The molecule has 0 aromatic heterocycles. The Bertz CT molecular complexity index is 255. The highest BCUT2D eigenvalue weighted by molar-refractivity contribution is 7.89. The summed E-state index contributed by atoms with van der Waals surface area (Å²) in [6.45, 7) is 6.18. The number of hydrogen-bond donors (Lipinski definition) is 0. The van der Waals surface area contributed by atoms with E-state index in [1.54, 1.807) is 0 Å². The zero-order chi connectivity index (χ0) is 9.73. The summed E-state index contributed by atoms with van der Waals surface area (Å²) in [5.41, 5.74) is 0. The fourth-order valence-corrected chi connectivity index (χ4v) is 1.74. The molecule has 1 saturated heterocycles. The summed E-state index contributed by atoms with van der Waals surface area (Å²) in [5, 5.41) is 0.830. The monoisotopic (exact) mass is 205 g/mol. The van der Waals surface area contributed by atoms with Gasteiger partial charge in [-0.3, -0.25) is 4.18 Å². The third-order valence-corrected chi connectivity index (χ3v) is 2.96. The van der Waals surface area contributed by atoms with Gasteiger partial charge < -0.3 is 4.90 Å². The van der Waals surface area contributed by atoms with Crippen molar-refractivity contribution in [2.75, 3.05) is 26.2 Å². The lowest BCUT2D eigenvalue weighted by molar-refractivity contribution is 0.244. The molecule has 0 aromatic carbocycles. The van der Waals surface area contributed by atoms with Gasteiger partial charge in [-0.2, -0.15) is 8.42 Å². The molecular weight excluding hydrogens is 190 g/mol. The van der Waals surface area contributed by atoms with Crippen LogP contribution in [0.2, 0.25) is 0 Å². The van der Waals surface area contributed by atoms with Crippen molar-refractivity contribution < 1.29 is 12.6 Å². The minimum Gasteiger partial charge on any atom is -0.301 e. The second-order valence-corrected chi connectivity index (χ2v) is 4.58. The maximum atomic E-state index is 10.8. The van der Waals surface area contributed by atoms with Crippen LogP contribution >= 0.6 is 0 Å². The maximum Gasteiger partial charge on any atom is 0.289 e. The highest BCUT2D eigenvalue weighted by atomic mass is 32.2. The summed E-state index contributed by atoms with van der Waals surface area (Å²) in [5.74, 6) is 0. The third-order valence-electron chi connectivity index (χ3n) is 2.06. The zero-order valence-corrected chi connectivity index (χ0v) is 8.42. The predicted molar refractivity (Wildman–Crippen MR) is 50.7 cm³/mol. The molecule has 5 heteroatoms. The van der Waals surface area contributed by atoms with E-state index in [4.69, 9.17) is 0 Å².